The van der Waals surface area contributed by atoms with E-state index in [0.717, 1.165) is 6.08 Å². The lowest BCUT2D eigenvalue weighted by atomic mass is 10.3. The van der Waals surface area contributed by atoms with Gasteiger partial charge in [0.1, 0.15) is 5.75 Å². The topological polar surface area (TPSA) is 105 Å². The molecule has 1 rings (SSSR count). The van der Waals surface area contributed by atoms with Gasteiger partial charge in [-0.15, -0.1) is 0 Å². The number of ether oxygens (including phenoxy) is 1. The van der Waals surface area contributed by atoms with E-state index in [0.29, 0.717) is 17.5 Å². The molecule has 0 heterocycles. The Balaban J connectivity index is 2.55. The SMILES string of the molecule is COc1cccc(NC(=O)NC(=O)/C=C/C(=O)O)c1. The molecule has 3 N–H and O–H groups in total. The van der Waals surface area contributed by atoms with Gasteiger partial charge in [-0.05, 0) is 12.1 Å². The third-order valence-electron chi connectivity index (χ3n) is 1.94. The third kappa shape index (κ3) is 5.35. The van der Waals surface area contributed by atoms with Crippen molar-refractivity contribution in [1.82, 2.24) is 5.32 Å². The summed E-state index contributed by atoms with van der Waals surface area (Å²) >= 11 is 0. The largest absolute Gasteiger partial charge is 0.497 e. The molecule has 7 heteroatoms. The summed E-state index contributed by atoms with van der Waals surface area (Å²) in [7, 11) is 1.49. The standard InChI is InChI=1S/C12H12N2O5/c1-19-9-4-2-3-8(7-9)13-12(18)14-10(15)5-6-11(16)17/h2-7H,1H3,(H,16,17)(H2,13,14,15,18)/b6-5+. The Morgan fingerprint density at radius 2 is 2.00 bits per heavy atom. The average Bonchev–Trinajstić information content (AvgIpc) is 2.36. The van der Waals surface area contributed by atoms with Crippen molar-refractivity contribution in [3.05, 3.63) is 36.4 Å². The number of carboxylic acids is 1. The van der Waals surface area contributed by atoms with Crippen LogP contribution in [0.1, 0.15) is 0 Å². The minimum Gasteiger partial charge on any atom is -0.497 e. The van der Waals surface area contributed by atoms with Crippen LogP contribution in [0.15, 0.2) is 36.4 Å². The van der Waals surface area contributed by atoms with E-state index >= 15 is 0 Å². The van der Waals surface area contributed by atoms with Crippen molar-refractivity contribution in [2.45, 2.75) is 0 Å². The Labute approximate surface area is 108 Å². The number of rotatable bonds is 4. The first-order valence-electron chi connectivity index (χ1n) is 5.18. The van der Waals surface area contributed by atoms with Gasteiger partial charge in [-0.1, -0.05) is 6.07 Å². The van der Waals surface area contributed by atoms with Gasteiger partial charge < -0.3 is 15.2 Å². The van der Waals surface area contributed by atoms with E-state index < -0.39 is 17.9 Å². The molecule has 19 heavy (non-hydrogen) atoms. The first-order valence-corrected chi connectivity index (χ1v) is 5.18. The Bertz CT molecular complexity index is 525. The van der Waals surface area contributed by atoms with E-state index in [4.69, 9.17) is 9.84 Å². The fourth-order valence-electron chi connectivity index (χ4n) is 1.16. The number of urea groups is 1. The summed E-state index contributed by atoms with van der Waals surface area (Å²) in [5, 5.41) is 12.7. The third-order valence-corrected chi connectivity index (χ3v) is 1.94. The molecule has 0 aliphatic carbocycles. The lowest BCUT2D eigenvalue weighted by molar-refractivity contribution is -0.131. The number of amides is 3. The highest BCUT2D eigenvalue weighted by Crippen LogP contribution is 2.16. The monoisotopic (exact) mass is 264 g/mol. The second kappa shape index (κ2) is 6.80. The number of nitrogens with one attached hydrogen (secondary N) is 2. The van der Waals surface area contributed by atoms with Gasteiger partial charge in [0.15, 0.2) is 0 Å². The molecule has 0 fully saturated rings. The van der Waals surface area contributed by atoms with Gasteiger partial charge in [-0.2, -0.15) is 0 Å². The molecule has 7 nitrogen and oxygen atoms in total. The van der Waals surface area contributed by atoms with Crippen LogP contribution < -0.4 is 15.4 Å². The molecule has 0 atom stereocenters. The van der Waals surface area contributed by atoms with E-state index in [2.05, 4.69) is 5.32 Å². The quantitative estimate of drug-likeness (QED) is 0.703. The summed E-state index contributed by atoms with van der Waals surface area (Å²) in [6.07, 6.45) is 1.38. The predicted molar refractivity (Wildman–Crippen MR) is 66.9 cm³/mol. The number of carbonyl (C=O) groups excluding carboxylic acids is 2. The van der Waals surface area contributed by atoms with Crippen LogP contribution in [-0.4, -0.2) is 30.1 Å². The molecule has 100 valence electrons. The zero-order chi connectivity index (χ0) is 14.3. The summed E-state index contributed by atoms with van der Waals surface area (Å²) < 4.78 is 4.97. The second-order valence-corrected chi connectivity index (χ2v) is 3.35. The van der Waals surface area contributed by atoms with Crippen LogP contribution in [0.5, 0.6) is 5.75 Å². The molecule has 0 aromatic heterocycles. The van der Waals surface area contributed by atoms with Crippen LogP contribution in [0.25, 0.3) is 0 Å². The molecule has 0 saturated carbocycles. The normalized spacial score (nSPS) is 9.95. The number of aliphatic carboxylic acids is 1. The molecule has 0 aliphatic heterocycles. The number of benzene rings is 1. The first-order chi connectivity index (χ1) is 9.01. The van der Waals surface area contributed by atoms with Crippen LogP contribution in [0.2, 0.25) is 0 Å². The zero-order valence-corrected chi connectivity index (χ0v) is 10.0. The van der Waals surface area contributed by atoms with Gasteiger partial charge in [0.25, 0.3) is 5.91 Å². The first kappa shape index (κ1) is 14.2. The van der Waals surface area contributed by atoms with Crippen molar-refractivity contribution >= 4 is 23.6 Å². The van der Waals surface area contributed by atoms with Gasteiger partial charge in [0.05, 0.1) is 7.11 Å². The number of imide groups is 1. The van der Waals surface area contributed by atoms with Crippen molar-refractivity contribution in [3.63, 3.8) is 0 Å². The molecular formula is C12H12N2O5. The molecule has 3 amide bonds. The number of anilines is 1. The smallest absolute Gasteiger partial charge is 0.328 e. The maximum absolute atomic E-state index is 11.4. The molecule has 1 aromatic rings. The summed E-state index contributed by atoms with van der Waals surface area (Å²) in [5.41, 5.74) is 0.437. The van der Waals surface area contributed by atoms with Gasteiger partial charge in [-0.3, -0.25) is 10.1 Å². The molecule has 1 aromatic carbocycles. The number of methoxy groups -OCH3 is 1. The van der Waals surface area contributed by atoms with E-state index in [9.17, 15) is 14.4 Å². The predicted octanol–water partition coefficient (Wildman–Crippen LogP) is 0.984. The molecule has 0 unspecified atom stereocenters. The van der Waals surface area contributed by atoms with Crippen molar-refractivity contribution < 1.29 is 24.2 Å². The van der Waals surface area contributed by atoms with Gasteiger partial charge in [0, 0.05) is 23.9 Å². The number of carbonyl (C=O) groups is 3. The summed E-state index contributed by atoms with van der Waals surface area (Å²) in [6.45, 7) is 0. The second-order valence-electron chi connectivity index (χ2n) is 3.35. The Hall–Kier alpha value is -2.83. The maximum atomic E-state index is 11.4. The fraction of sp³-hybridized carbons (Fsp3) is 0.0833. The highest BCUT2D eigenvalue weighted by Gasteiger charge is 2.06. The number of hydrogen-bond donors (Lipinski definition) is 3. The summed E-state index contributed by atoms with van der Waals surface area (Å²) in [6, 6.07) is 5.77. The van der Waals surface area contributed by atoms with Crippen molar-refractivity contribution in [2.75, 3.05) is 12.4 Å². The lowest BCUT2D eigenvalue weighted by Crippen LogP contribution is -2.33. The number of carboxylic acid groups (broad SMARTS) is 1. The molecule has 0 bridgehead atoms. The summed E-state index contributed by atoms with van der Waals surface area (Å²) in [4.78, 5) is 32.7. The highest BCUT2D eigenvalue weighted by molar-refractivity contribution is 6.06. The number of hydrogen-bond acceptors (Lipinski definition) is 4. The highest BCUT2D eigenvalue weighted by atomic mass is 16.5. The van der Waals surface area contributed by atoms with Gasteiger partial charge in [-0.25, -0.2) is 9.59 Å². The molecule has 0 radical (unpaired) electrons. The van der Waals surface area contributed by atoms with Crippen LogP contribution in [0.3, 0.4) is 0 Å². The Morgan fingerprint density at radius 3 is 2.63 bits per heavy atom. The van der Waals surface area contributed by atoms with E-state index in [1.165, 1.54) is 7.11 Å². The fourth-order valence-corrected chi connectivity index (χ4v) is 1.16. The molecule has 0 saturated heterocycles. The Morgan fingerprint density at radius 1 is 1.26 bits per heavy atom. The van der Waals surface area contributed by atoms with Gasteiger partial charge >= 0.3 is 12.0 Å². The van der Waals surface area contributed by atoms with E-state index in [1.54, 1.807) is 24.3 Å². The van der Waals surface area contributed by atoms with Gasteiger partial charge in [0.2, 0.25) is 0 Å². The average molecular weight is 264 g/mol. The molecular weight excluding hydrogens is 252 g/mol. The Kier molecular flexibility index (Phi) is 5.09. The minimum absolute atomic E-state index is 0.437. The zero-order valence-electron chi connectivity index (χ0n) is 10.0. The van der Waals surface area contributed by atoms with Crippen LogP contribution in [-0.2, 0) is 9.59 Å². The minimum atomic E-state index is -1.27. The van der Waals surface area contributed by atoms with Crippen LogP contribution in [0.4, 0.5) is 10.5 Å². The summed E-state index contributed by atoms with van der Waals surface area (Å²) in [5.74, 6) is -1.55. The lowest BCUT2D eigenvalue weighted by Gasteiger charge is -2.06. The van der Waals surface area contributed by atoms with E-state index in [1.807, 2.05) is 5.32 Å². The van der Waals surface area contributed by atoms with Crippen molar-refractivity contribution in [1.29, 1.82) is 0 Å². The molecule has 0 aliphatic rings. The van der Waals surface area contributed by atoms with Crippen molar-refractivity contribution in [3.8, 4) is 5.75 Å². The maximum Gasteiger partial charge on any atom is 0.328 e. The van der Waals surface area contributed by atoms with E-state index in [-0.39, 0.29) is 0 Å². The van der Waals surface area contributed by atoms with Crippen LogP contribution in [0, 0.1) is 0 Å². The molecule has 0 spiro atoms. The van der Waals surface area contributed by atoms with Crippen molar-refractivity contribution in [2.24, 2.45) is 0 Å². The van der Waals surface area contributed by atoms with Crippen LogP contribution >= 0.6 is 0 Å².